The molecule has 0 spiro atoms. The summed E-state index contributed by atoms with van der Waals surface area (Å²) in [6.45, 7) is 1.65. The summed E-state index contributed by atoms with van der Waals surface area (Å²) in [7, 11) is 0. The van der Waals surface area contributed by atoms with Crippen LogP contribution in [0.2, 0.25) is 10.0 Å². The van der Waals surface area contributed by atoms with Gasteiger partial charge in [-0.1, -0.05) is 23.2 Å². The normalized spacial score (nSPS) is 12.2. The van der Waals surface area contributed by atoms with E-state index in [2.05, 4.69) is 0 Å². The van der Waals surface area contributed by atoms with Gasteiger partial charge >= 0.3 is 0 Å². The summed E-state index contributed by atoms with van der Waals surface area (Å²) in [6.07, 6.45) is 0. The molecule has 1 atom stereocenters. The molecule has 68 valence electrons. The van der Waals surface area contributed by atoms with Gasteiger partial charge in [0, 0.05) is 5.02 Å². The molecule has 0 aromatic heterocycles. The van der Waals surface area contributed by atoms with Crippen LogP contribution < -0.4 is 0 Å². The molecule has 0 amide bonds. The Hall–Kier alpha value is -0.780. The smallest absolute Gasteiger partial charge is 0.142 e. The molecular formula is C9H6Cl2FN. The van der Waals surface area contributed by atoms with Gasteiger partial charge < -0.3 is 0 Å². The lowest BCUT2D eigenvalue weighted by atomic mass is 10.0. The number of rotatable bonds is 1. The predicted octanol–water partition coefficient (Wildman–Crippen LogP) is 3.76. The number of halogens is 3. The summed E-state index contributed by atoms with van der Waals surface area (Å²) < 4.78 is 13.0. The van der Waals surface area contributed by atoms with Crippen LogP contribution in [0.5, 0.6) is 0 Å². The Bertz CT molecular complexity index is 371. The van der Waals surface area contributed by atoms with Crippen molar-refractivity contribution in [3.63, 3.8) is 0 Å². The molecule has 0 aliphatic carbocycles. The van der Waals surface area contributed by atoms with E-state index in [1.165, 1.54) is 12.1 Å². The van der Waals surface area contributed by atoms with Gasteiger partial charge in [-0.05, 0) is 24.6 Å². The van der Waals surface area contributed by atoms with Crippen molar-refractivity contribution < 1.29 is 4.39 Å². The topological polar surface area (TPSA) is 23.8 Å². The van der Waals surface area contributed by atoms with Crippen molar-refractivity contribution in [2.75, 3.05) is 0 Å². The molecule has 13 heavy (non-hydrogen) atoms. The zero-order chi connectivity index (χ0) is 10.0. The Morgan fingerprint density at radius 1 is 1.38 bits per heavy atom. The number of nitrogens with zero attached hydrogens (tertiary/aromatic N) is 1. The summed E-state index contributed by atoms with van der Waals surface area (Å²) in [5.74, 6) is -0.984. The van der Waals surface area contributed by atoms with Gasteiger partial charge in [-0.25, -0.2) is 4.39 Å². The van der Waals surface area contributed by atoms with Crippen molar-refractivity contribution in [3.05, 3.63) is 33.6 Å². The van der Waals surface area contributed by atoms with Gasteiger partial charge in [-0.2, -0.15) is 5.26 Å². The zero-order valence-corrected chi connectivity index (χ0v) is 8.33. The lowest BCUT2D eigenvalue weighted by Crippen LogP contribution is -1.92. The quantitative estimate of drug-likeness (QED) is 0.658. The average Bonchev–Trinajstić information content (AvgIpc) is 2.10. The van der Waals surface area contributed by atoms with Crippen molar-refractivity contribution in [2.45, 2.75) is 12.8 Å². The molecule has 0 N–H and O–H groups in total. The van der Waals surface area contributed by atoms with Gasteiger partial charge in [-0.15, -0.1) is 0 Å². The standard InChI is InChI=1S/C9H6Cl2FN/c1-5(4-13)6-2-9(12)8(11)3-7(6)10/h2-3,5H,1H3. The van der Waals surface area contributed by atoms with Crippen LogP contribution >= 0.6 is 23.2 Å². The summed E-state index contributed by atoms with van der Waals surface area (Å²) in [5.41, 5.74) is 0.464. The van der Waals surface area contributed by atoms with Gasteiger partial charge in [0.25, 0.3) is 0 Å². The molecule has 1 nitrogen and oxygen atoms in total. The fourth-order valence-electron chi connectivity index (χ4n) is 0.939. The number of benzene rings is 1. The first kappa shape index (κ1) is 10.3. The Morgan fingerprint density at radius 2 is 2.00 bits per heavy atom. The second-order valence-corrected chi connectivity index (χ2v) is 3.45. The van der Waals surface area contributed by atoms with E-state index in [1.807, 2.05) is 6.07 Å². The van der Waals surface area contributed by atoms with Crippen LogP contribution in [0.1, 0.15) is 18.4 Å². The van der Waals surface area contributed by atoms with Crippen LogP contribution in [0.15, 0.2) is 12.1 Å². The lowest BCUT2D eigenvalue weighted by Gasteiger charge is -2.06. The maximum Gasteiger partial charge on any atom is 0.142 e. The first-order valence-electron chi connectivity index (χ1n) is 3.60. The highest BCUT2D eigenvalue weighted by molar-refractivity contribution is 6.35. The van der Waals surface area contributed by atoms with Crippen molar-refractivity contribution in [3.8, 4) is 6.07 Å². The zero-order valence-electron chi connectivity index (χ0n) is 6.81. The van der Waals surface area contributed by atoms with Crippen molar-refractivity contribution in [1.29, 1.82) is 5.26 Å². The third kappa shape index (κ3) is 2.12. The third-order valence-electron chi connectivity index (χ3n) is 1.70. The first-order valence-corrected chi connectivity index (χ1v) is 4.36. The second kappa shape index (κ2) is 3.95. The maximum absolute atomic E-state index is 13.0. The Kier molecular flexibility index (Phi) is 3.13. The summed E-state index contributed by atoms with van der Waals surface area (Å²) in [6, 6.07) is 4.47. The molecule has 0 bridgehead atoms. The molecule has 1 aromatic rings. The molecule has 1 unspecified atom stereocenters. The molecule has 0 aliphatic rings. The van der Waals surface area contributed by atoms with Crippen LogP contribution in [-0.2, 0) is 0 Å². The Labute approximate surface area is 85.7 Å². The van der Waals surface area contributed by atoms with E-state index in [0.29, 0.717) is 10.6 Å². The highest BCUT2D eigenvalue weighted by atomic mass is 35.5. The second-order valence-electron chi connectivity index (χ2n) is 2.64. The Balaban J connectivity index is 3.25. The van der Waals surface area contributed by atoms with Crippen LogP contribution in [0.4, 0.5) is 4.39 Å². The van der Waals surface area contributed by atoms with E-state index in [9.17, 15) is 4.39 Å². The highest BCUT2D eigenvalue weighted by Crippen LogP contribution is 2.29. The van der Waals surface area contributed by atoms with Gasteiger partial charge in [0.05, 0.1) is 17.0 Å². The minimum absolute atomic E-state index is 0.0288. The van der Waals surface area contributed by atoms with Crippen LogP contribution in [0.25, 0.3) is 0 Å². The fourth-order valence-corrected chi connectivity index (χ4v) is 1.49. The van der Waals surface area contributed by atoms with Crippen LogP contribution in [0, 0.1) is 17.1 Å². The summed E-state index contributed by atoms with van der Waals surface area (Å²) >= 11 is 11.3. The maximum atomic E-state index is 13.0. The third-order valence-corrected chi connectivity index (χ3v) is 2.32. The summed E-state index contributed by atoms with van der Waals surface area (Å²) in [4.78, 5) is 0. The fraction of sp³-hybridized carbons (Fsp3) is 0.222. The van der Waals surface area contributed by atoms with Gasteiger partial charge in [0.1, 0.15) is 5.82 Å². The van der Waals surface area contributed by atoms with E-state index < -0.39 is 11.7 Å². The molecule has 0 fully saturated rings. The Morgan fingerprint density at radius 3 is 2.54 bits per heavy atom. The average molecular weight is 218 g/mol. The molecule has 1 rings (SSSR count). The predicted molar refractivity (Wildman–Crippen MR) is 50.4 cm³/mol. The van der Waals surface area contributed by atoms with Crippen molar-refractivity contribution >= 4 is 23.2 Å². The molecule has 0 radical (unpaired) electrons. The van der Waals surface area contributed by atoms with E-state index in [0.717, 1.165) is 0 Å². The van der Waals surface area contributed by atoms with E-state index >= 15 is 0 Å². The van der Waals surface area contributed by atoms with Crippen molar-refractivity contribution in [2.24, 2.45) is 0 Å². The van der Waals surface area contributed by atoms with E-state index in [1.54, 1.807) is 6.92 Å². The molecule has 0 saturated heterocycles. The molecule has 0 aliphatic heterocycles. The van der Waals surface area contributed by atoms with Crippen LogP contribution in [0.3, 0.4) is 0 Å². The molecular weight excluding hydrogens is 212 g/mol. The first-order chi connectivity index (χ1) is 6.06. The number of hydrogen-bond donors (Lipinski definition) is 0. The molecule has 0 heterocycles. The number of hydrogen-bond acceptors (Lipinski definition) is 1. The summed E-state index contributed by atoms with van der Waals surface area (Å²) in [5, 5.41) is 8.90. The van der Waals surface area contributed by atoms with Gasteiger partial charge in [-0.3, -0.25) is 0 Å². The number of nitriles is 1. The SMILES string of the molecule is CC(C#N)c1cc(F)c(Cl)cc1Cl. The molecule has 0 saturated carbocycles. The lowest BCUT2D eigenvalue weighted by molar-refractivity contribution is 0.625. The van der Waals surface area contributed by atoms with Gasteiger partial charge in [0.2, 0.25) is 0 Å². The monoisotopic (exact) mass is 217 g/mol. The van der Waals surface area contributed by atoms with E-state index in [4.69, 9.17) is 28.5 Å². The van der Waals surface area contributed by atoms with E-state index in [-0.39, 0.29) is 5.02 Å². The van der Waals surface area contributed by atoms with Crippen LogP contribution in [-0.4, -0.2) is 0 Å². The molecule has 4 heteroatoms. The minimum atomic E-state index is -0.553. The highest BCUT2D eigenvalue weighted by Gasteiger charge is 2.12. The van der Waals surface area contributed by atoms with Gasteiger partial charge in [0.15, 0.2) is 0 Å². The van der Waals surface area contributed by atoms with Crippen molar-refractivity contribution in [1.82, 2.24) is 0 Å². The molecule has 1 aromatic carbocycles. The largest absolute Gasteiger partial charge is 0.205 e. The minimum Gasteiger partial charge on any atom is -0.205 e.